The molecular weight excluding hydrogens is 303 g/mol. The van der Waals surface area contributed by atoms with Gasteiger partial charge in [0.2, 0.25) is 5.82 Å². The summed E-state index contributed by atoms with van der Waals surface area (Å²) < 4.78 is 0. The predicted octanol–water partition coefficient (Wildman–Crippen LogP) is 3.19. The van der Waals surface area contributed by atoms with Crippen LogP contribution in [0.5, 0.6) is 5.75 Å². The van der Waals surface area contributed by atoms with Crippen molar-refractivity contribution in [2.24, 2.45) is 0 Å². The Morgan fingerprint density at radius 2 is 1.95 bits per heavy atom. The van der Waals surface area contributed by atoms with Gasteiger partial charge in [-0.25, -0.2) is 4.98 Å². The van der Waals surface area contributed by atoms with Crippen molar-refractivity contribution in [2.75, 3.05) is 5.32 Å². The van der Waals surface area contributed by atoms with E-state index in [9.17, 15) is 9.90 Å². The van der Waals surface area contributed by atoms with Crippen molar-refractivity contribution in [3.05, 3.63) is 33.8 Å². The number of phenolic OH excluding ortho intramolecular Hbond substituents is 1. The maximum absolute atomic E-state index is 12.0. The lowest BCUT2D eigenvalue weighted by molar-refractivity contribution is 0.101. The van der Waals surface area contributed by atoms with E-state index in [1.807, 2.05) is 13.8 Å². The molecule has 6 nitrogen and oxygen atoms in total. The van der Waals surface area contributed by atoms with Gasteiger partial charge in [-0.3, -0.25) is 9.89 Å². The van der Waals surface area contributed by atoms with Crippen LogP contribution in [0.1, 0.15) is 36.2 Å². The average Bonchev–Trinajstić information content (AvgIpc) is 2.85. The van der Waals surface area contributed by atoms with E-state index in [0.717, 1.165) is 0 Å². The molecule has 8 heteroatoms. The highest BCUT2D eigenvalue weighted by molar-refractivity contribution is 6.37. The molecule has 20 heavy (non-hydrogen) atoms. The first-order valence-corrected chi connectivity index (χ1v) is 6.55. The second-order valence-electron chi connectivity index (χ2n) is 4.44. The number of carbonyl (C=O) groups excluding carboxylic acids is 1. The van der Waals surface area contributed by atoms with E-state index in [0.29, 0.717) is 11.5 Å². The molecule has 0 saturated heterocycles. The fourth-order valence-electron chi connectivity index (χ4n) is 1.46. The quantitative estimate of drug-likeness (QED) is 0.759. The van der Waals surface area contributed by atoms with Crippen LogP contribution < -0.4 is 5.32 Å². The number of amides is 1. The van der Waals surface area contributed by atoms with Gasteiger partial charge in [-0.05, 0) is 12.1 Å². The van der Waals surface area contributed by atoms with E-state index in [-0.39, 0.29) is 27.5 Å². The molecule has 3 N–H and O–H groups in total. The molecule has 0 unspecified atom stereocenters. The maximum Gasteiger partial charge on any atom is 0.295 e. The molecule has 0 spiro atoms. The zero-order valence-corrected chi connectivity index (χ0v) is 12.2. The van der Waals surface area contributed by atoms with Gasteiger partial charge in [0, 0.05) is 11.6 Å². The van der Waals surface area contributed by atoms with Gasteiger partial charge < -0.3 is 10.4 Å². The van der Waals surface area contributed by atoms with E-state index >= 15 is 0 Å². The minimum absolute atomic E-state index is 0.0222. The largest absolute Gasteiger partial charge is 0.505 e. The van der Waals surface area contributed by atoms with Crippen LogP contribution in [-0.2, 0) is 0 Å². The number of phenols is 1. The summed E-state index contributed by atoms with van der Waals surface area (Å²) in [6, 6.07) is 2.77. The summed E-state index contributed by atoms with van der Waals surface area (Å²) in [6.07, 6.45) is 0. The minimum Gasteiger partial charge on any atom is -0.505 e. The Morgan fingerprint density at radius 1 is 1.35 bits per heavy atom. The number of benzene rings is 1. The number of nitrogens with zero attached hydrogens (tertiary/aromatic N) is 2. The molecule has 2 rings (SSSR count). The molecule has 2 aromatic rings. The fraction of sp³-hybridized carbons (Fsp3) is 0.250. The summed E-state index contributed by atoms with van der Waals surface area (Å²) in [5.41, 5.74) is 0.346. The van der Waals surface area contributed by atoms with Crippen LogP contribution in [-0.4, -0.2) is 26.2 Å². The number of hydrogen-bond donors (Lipinski definition) is 3. The average molecular weight is 315 g/mol. The third-order valence-corrected chi connectivity index (χ3v) is 3.10. The first kappa shape index (κ1) is 14.6. The van der Waals surface area contributed by atoms with Crippen LogP contribution in [0.3, 0.4) is 0 Å². The van der Waals surface area contributed by atoms with Crippen LogP contribution in [0, 0.1) is 0 Å². The fourth-order valence-corrected chi connectivity index (χ4v) is 1.95. The molecule has 1 aromatic heterocycles. The summed E-state index contributed by atoms with van der Waals surface area (Å²) in [5.74, 6) is 0.0600. The number of halogens is 2. The SMILES string of the molecule is CC(C)c1nc(C(=O)Nc2cc(Cl)c(O)c(Cl)c2)n[nH]1. The molecule has 0 atom stereocenters. The number of nitrogens with one attached hydrogen (secondary N) is 2. The number of H-pyrrole nitrogens is 1. The lowest BCUT2D eigenvalue weighted by atomic mass is 10.2. The predicted molar refractivity (Wildman–Crippen MR) is 76.6 cm³/mol. The lowest BCUT2D eigenvalue weighted by Crippen LogP contribution is -2.14. The second kappa shape index (κ2) is 5.68. The van der Waals surface area contributed by atoms with E-state index in [1.54, 1.807) is 0 Å². The van der Waals surface area contributed by atoms with Crippen molar-refractivity contribution in [1.29, 1.82) is 0 Å². The summed E-state index contributed by atoms with van der Waals surface area (Å²) in [4.78, 5) is 16.0. The molecule has 0 aliphatic heterocycles. The van der Waals surface area contributed by atoms with Gasteiger partial charge in [-0.15, -0.1) is 5.10 Å². The van der Waals surface area contributed by atoms with Gasteiger partial charge >= 0.3 is 0 Å². The topological polar surface area (TPSA) is 90.9 Å². The molecule has 0 aliphatic rings. The van der Waals surface area contributed by atoms with Crippen LogP contribution >= 0.6 is 23.2 Å². The van der Waals surface area contributed by atoms with Crippen molar-refractivity contribution in [1.82, 2.24) is 15.2 Å². The van der Waals surface area contributed by atoms with Crippen molar-refractivity contribution in [2.45, 2.75) is 19.8 Å². The first-order valence-electron chi connectivity index (χ1n) is 5.80. The Kier molecular flexibility index (Phi) is 4.15. The molecule has 1 aromatic carbocycles. The lowest BCUT2D eigenvalue weighted by Gasteiger charge is -2.06. The van der Waals surface area contributed by atoms with Crippen LogP contribution in [0.2, 0.25) is 10.0 Å². The van der Waals surface area contributed by atoms with Crippen LogP contribution in [0.25, 0.3) is 0 Å². The molecular formula is C12H12Cl2N4O2. The van der Waals surface area contributed by atoms with Gasteiger partial charge in [0.1, 0.15) is 5.82 Å². The Balaban J connectivity index is 2.19. The number of aromatic nitrogens is 3. The number of anilines is 1. The Labute approximate surface area is 125 Å². The molecule has 1 heterocycles. The van der Waals surface area contributed by atoms with E-state index in [4.69, 9.17) is 23.2 Å². The number of hydrogen-bond acceptors (Lipinski definition) is 4. The van der Waals surface area contributed by atoms with E-state index in [2.05, 4.69) is 20.5 Å². The van der Waals surface area contributed by atoms with Gasteiger partial charge in [0.15, 0.2) is 5.75 Å². The standard InChI is InChI=1S/C12H12Cl2N4O2/c1-5(2)10-16-11(18-17-10)12(20)15-6-3-7(13)9(19)8(14)4-6/h3-5,19H,1-2H3,(H,15,20)(H,16,17,18). The monoisotopic (exact) mass is 314 g/mol. The minimum atomic E-state index is -0.494. The summed E-state index contributed by atoms with van der Waals surface area (Å²) >= 11 is 11.5. The van der Waals surface area contributed by atoms with Gasteiger partial charge in [-0.1, -0.05) is 37.0 Å². The number of carbonyl (C=O) groups is 1. The molecule has 0 saturated carbocycles. The Hall–Kier alpha value is -1.79. The number of rotatable bonds is 3. The van der Waals surface area contributed by atoms with Crippen molar-refractivity contribution in [3.8, 4) is 5.75 Å². The third kappa shape index (κ3) is 3.02. The number of aromatic hydroxyl groups is 1. The third-order valence-electron chi connectivity index (χ3n) is 2.53. The maximum atomic E-state index is 12.0. The van der Waals surface area contributed by atoms with Gasteiger partial charge in [-0.2, -0.15) is 0 Å². The molecule has 0 aliphatic carbocycles. The molecule has 0 bridgehead atoms. The highest BCUT2D eigenvalue weighted by Crippen LogP contribution is 2.34. The van der Waals surface area contributed by atoms with Crippen molar-refractivity contribution in [3.63, 3.8) is 0 Å². The highest BCUT2D eigenvalue weighted by Gasteiger charge is 2.15. The molecule has 1 amide bonds. The Morgan fingerprint density at radius 3 is 2.45 bits per heavy atom. The van der Waals surface area contributed by atoms with Gasteiger partial charge in [0.25, 0.3) is 5.91 Å². The van der Waals surface area contributed by atoms with E-state index in [1.165, 1.54) is 12.1 Å². The number of aromatic amines is 1. The van der Waals surface area contributed by atoms with E-state index < -0.39 is 5.91 Å². The summed E-state index contributed by atoms with van der Waals surface area (Å²) in [7, 11) is 0. The summed E-state index contributed by atoms with van der Waals surface area (Å²) in [5, 5.41) is 18.6. The summed E-state index contributed by atoms with van der Waals surface area (Å²) in [6.45, 7) is 3.86. The van der Waals surface area contributed by atoms with Crippen molar-refractivity contribution >= 4 is 34.8 Å². The molecule has 106 valence electrons. The van der Waals surface area contributed by atoms with Crippen molar-refractivity contribution < 1.29 is 9.90 Å². The smallest absolute Gasteiger partial charge is 0.295 e. The van der Waals surface area contributed by atoms with Crippen LogP contribution in [0.15, 0.2) is 12.1 Å². The van der Waals surface area contributed by atoms with Crippen LogP contribution in [0.4, 0.5) is 5.69 Å². The normalized spacial score (nSPS) is 10.8. The Bertz CT molecular complexity index is 632. The van der Waals surface area contributed by atoms with Gasteiger partial charge in [0.05, 0.1) is 10.0 Å². The molecule has 0 fully saturated rings. The second-order valence-corrected chi connectivity index (χ2v) is 5.26. The zero-order valence-electron chi connectivity index (χ0n) is 10.7. The zero-order chi connectivity index (χ0) is 14.9. The highest BCUT2D eigenvalue weighted by atomic mass is 35.5. The first-order chi connectivity index (χ1) is 9.38. The molecule has 0 radical (unpaired) electrons.